The molecule has 0 aromatic carbocycles. The van der Waals surface area contributed by atoms with Crippen LogP contribution in [-0.4, -0.2) is 22.4 Å². The van der Waals surface area contributed by atoms with E-state index in [-0.39, 0.29) is 0 Å². The molecule has 1 rings (SSSR count). The van der Waals surface area contributed by atoms with Gasteiger partial charge < -0.3 is 5.32 Å². The predicted octanol–water partition coefficient (Wildman–Crippen LogP) is 3.58. The highest BCUT2D eigenvalue weighted by Gasteiger charge is 2.18. The fraction of sp³-hybridized carbons (Fsp3) is 0.800. The fourth-order valence-corrected chi connectivity index (χ4v) is 2.72. The van der Waals surface area contributed by atoms with Crippen LogP contribution in [0.15, 0.2) is 0 Å². The summed E-state index contributed by atoms with van der Waals surface area (Å²) in [6.45, 7) is 11.9. The van der Waals surface area contributed by atoms with Crippen LogP contribution >= 0.6 is 11.6 Å². The molecular formula is C15H28ClN3. The molecule has 0 radical (unpaired) electrons. The first-order chi connectivity index (χ1) is 8.81. The van der Waals surface area contributed by atoms with E-state index < -0.39 is 0 Å². The second-order valence-corrected chi connectivity index (χ2v) is 6.61. The molecule has 4 heteroatoms. The summed E-state index contributed by atoms with van der Waals surface area (Å²) in [4.78, 5) is 0. The van der Waals surface area contributed by atoms with Gasteiger partial charge in [0.15, 0.2) is 0 Å². The molecule has 1 N–H and O–H groups in total. The number of aryl methyl sites for hydroxylation is 2. The highest BCUT2D eigenvalue weighted by Crippen LogP contribution is 2.24. The quantitative estimate of drug-likeness (QED) is 0.830. The minimum absolute atomic E-state index is 0.526. The molecule has 0 saturated heterocycles. The second kappa shape index (κ2) is 7.30. The standard InChI is InChI=1S/C15H28ClN3/c1-10(2)7-13(9-17-11(3)4)8-14-15(16)12(5)18-19(14)6/h10-11,13,17H,7-9H2,1-6H3. The first-order valence-corrected chi connectivity index (χ1v) is 7.60. The predicted molar refractivity (Wildman–Crippen MR) is 82.7 cm³/mol. The smallest absolute Gasteiger partial charge is 0.0847 e. The van der Waals surface area contributed by atoms with Crippen LogP contribution in [0.5, 0.6) is 0 Å². The van der Waals surface area contributed by atoms with E-state index in [1.165, 1.54) is 6.42 Å². The summed E-state index contributed by atoms with van der Waals surface area (Å²) in [5.41, 5.74) is 2.09. The molecule has 19 heavy (non-hydrogen) atoms. The van der Waals surface area contributed by atoms with E-state index in [9.17, 15) is 0 Å². The summed E-state index contributed by atoms with van der Waals surface area (Å²) in [6.07, 6.45) is 2.20. The van der Waals surface area contributed by atoms with Crippen molar-refractivity contribution < 1.29 is 0 Å². The number of hydrogen-bond acceptors (Lipinski definition) is 2. The van der Waals surface area contributed by atoms with Crippen LogP contribution in [0.1, 0.15) is 45.5 Å². The molecule has 1 unspecified atom stereocenters. The zero-order chi connectivity index (χ0) is 14.6. The highest BCUT2D eigenvalue weighted by molar-refractivity contribution is 6.31. The number of halogens is 1. The first-order valence-electron chi connectivity index (χ1n) is 7.22. The Balaban J connectivity index is 2.75. The average molecular weight is 286 g/mol. The lowest BCUT2D eigenvalue weighted by Gasteiger charge is -2.21. The summed E-state index contributed by atoms with van der Waals surface area (Å²) in [5, 5.41) is 8.78. The van der Waals surface area contributed by atoms with Crippen molar-refractivity contribution in [1.29, 1.82) is 0 Å². The molecular weight excluding hydrogens is 258 g/mol. The van der Waals surface area contributed by atoms with Gasteiger partial charge in [0.2, 0.25) is 0 Å². The van der Waals surface area contributed by atoms with E-state index in [1.54, 1.807) is 0 Å². The molecule has 1 heterocycles. The number of rotatable bonds is 7. The molecule has 0 spiro atoms. The van der Waals surface area contributed by atoms with Crippen molar-refractivity contribution in [1.82, 2.24) is 15.1 Å². The molecule has 1 aromatic rings. The minimum atomic E-state index is 0.526. The van der Waals surface area contributed by atoms with Gasteiger partial charge in [-0.3, -0.25) is 4.68 Å². The molecule has 0 saturated carbocycles. The molecule has 0 aliphatic carbocycles. The number of aromatic nitrogens is 2. The summed E-state index contributed by atoms with van der Waals surface area (Å²) < 4.78 is 1.93. The fourth-order valence-electron chi connectivity index (χ4n) is 2.48. The van der Waals surface area contributed by atoms with E-state index in [0.29, 0.717) is 17.9 Å². The lowest BCUT2D eigenvalue weighted by atomic mass is 9.92. The van der Waals surface area contributed by atoms with Crippen molar-refractivity contribution in [2.24, 2.45) is 18.9 Å². The lowest BCUT2D eigenvalue weighted by molar-refractivity contribution is 0.367. The largest absolute Gasteiger partial charge is 0.314 e. The molecule has 0 aliphatic heterocycles. The van der Waals surface area contributed by atoms with E-state index in [0.717, 1.165) is 29.4 Å². The van der Waals surface area contributed by atoms with Gasteiger partial charge in [0.05, 0.1) is 16.4 Å². The van der Waals surface area contributed by atoms with Crippen LogP contribution in [-0.2, 0) is 13.5 Å². The molecule has 0 aliphatic rings. The topological polar surface area (TPSA) is 29.9 Å². The van der Waals surface area contributed by atoms with E-state index in [2.05, 4.69) is 38.1 Å². The summed E-state index contributed by atoms with van der Waals surface area (Å²) in [7, 11) is 1.98. The molecule has 0 amide bonds. The summed E-state index contributed by atoms with van der Waals surface area (Å²) in [6, 6.07) is 0.526. The normalized spacial score (nSPS) is 13.5. The molecule has 3 nitrogen and oxygen atoms in total. The van der Waals surface area contributed by atoms with Crippen molar-refractivity contribution in [3.05, 3.63) is 16.4 Å². The second-order valence-electron chi connectivity index (χ2n) is 6.23. The van der Waals surface area contributed by atoms with Crippen LogP contribution in [0.25, 0.3) is 0 Å². The zero-order valence-corrected chi connectivity index (χ0v) is 13.9. The lowest BCUT2D eigenvalue weighted by Crippen LogP contribution is -2.31. The molecule has 0 bridgehead atoms. The van der Waals surface area contributed by atoms with Gasteiger partial charge in [0.1, 0.15) is 0 Å². The maximum absolute atomic E-state index is 6.35. The molecule has 110 valence electrons. The van der Waals surface area contributed by atoms with Gasteiger partial charge in [-0.05, 0) is 38.1 Å². The Morgan fingerprint density at radius 3 is 2.32 bits per heavy atom. The van der Waals surface area contributed by atoms with Crippen LogP contribution in [0, 0.1) is 18.8 Å². The first kappa shape index (κ1) is 16.5. The van der Waals surface area contributed by atoms with Crippen LogP contribution < -0.4 is 5.32 Å². The van der Waals surface area contributed by atoms with Crippen molar-refractivity contribution in [3.63, 3.8) is 0 Å². The Hall–Kier alpha value is -0.540. The summed E-state index contributed by atoms with van der Waals surface area (Å²) in [5.74, 6) is 1.31. The Labute approximate surface area is 122 Å². The van der Waals surface area contributed by atoms with Crippen molar-refractivity contribution in [2.75, 3.05) is 6.54 Å². The van der Waals surface area contributed by atoms with Gasteiger partial charge in [-0.2, -0.15) is 5.10 Å². The Bertz CT molecular complexity index is 396. The van der Waals surface area contributed by atoms with Crippen LogP contribution in [0.2, 0.25) is 5.02 Å². The van der Waals surface area contributed by atoms with Crippen molar-refractivity contribution >= 4 is 11.6 Å². The number of nitrogens with one attached hydrogen (secondary N) is 1. The van der Waals surface area contributed by atoms with Gasteiger partial charge in [0.25, 0.3) is 0 Å². The van der Waals surface area contributed by atoms with Crippen LogP contribution in [0.3, 0.4) is 0 Å². The van der Waals surface area contributed by atoms with E-state index in [1.807, 2.05) is 18.7 Å². The Morgan fingerprint density at radius 1 is 1.26 bits per heavy atom. The molecule has 1 atom stereocenters. The third-order valence-corrected chi connectivity index (χ3v) is 3.85. The summed E-state index contributed by atoms with van der Waals surface area (Å²) >= 11 is 6.35. The number of hydrogen-bond donors (Lipinski definition) is 1. The SMILES string of the molecule is Cc1nn(C)c(CC(CNC(C)C)CC(C)C)c1Cl. The Morgan fingerprint density at radius 2 is 1.89 bits per heavy atom. The highest BCUT2D eigenvalue weighted by atomic mass is 35.5. The van der Waals surface area contributed by atoms with Gasteiger partial charge in [-0.25, -0.2) is 0 Å². The third kappa shape index (κ3) is 5.15. The maximum atomic E-state index is 6.35. The van der Waals surface area contributed by atoms with Gasteiger partial charge in [0, 0.05) is 13.1 Å². The van der Waals surface area contributed by atoms with Crippen molar-refractivity contribution in [3.8, 4) is 0 Å². The van der Waals surface area contributed by atoms with E-state index in [4.69, 9.17) is 11.6 Å². The Kier molecular flexibility index (Phi) is 6.34. The minimum Gasteiger partial charge on any atom is -0.314 e. The van der Waals surface area contributed by atoms with Gasteiger partial charge in [-0.15, -0.1) is 0 Å². The average Bonchev–Trinajstić information content (AvgIpc) is 2.52. The monoisotopic (exact) mass is 285 g/mol. The van der Waals surface area contributed by atoms with Crippen LogP contribution in [0.4, 0.5) is 0 Å². The number of nitrogens with zero attached hydrogens (tertiary/aromatic N) is 2. The third-order valence-electron chi connectivity index (χ3n) is 3.36. The van der Waals surface area contributed by atoms with Gasteiger partial charge in [-0.1, -0.05) is 39.3 Å². The van der Waals surface area contributed by atoms with Gasteiger partial charge >= 0.3 is 0 Å². The molecule has 0 fully saturated rings. The maximum Gasteiger partial charge on any atom is 0.0847 e. The zero-order valence-electron chi connectivity index (χ0n) is 13.1. The van der Waals surface area contributed by atoms with E-state index >= 15 is 0 Å². The van der Waals surface area contributed by atoms with Crippen molar-refractivity contribution in [2.45, 2.75) is 53.5 Å². The molecule has 1 aromatic heterocycles.